The van der Waals surface area contributed by atoms with Crippen LogP contribution in [-0.4, -0.2) is 33.9 Å². The van der Waals surface area contributed by atoms with Crippen LogP contribution in [0.4, 0.5) is 0 Å². The second kappa shape index (κ2) is 5.18. The van der Waals surface area contributed by atoms with Gasteiger partial charge in [0, 0.05) is 0 Å². The third-order valence-corrected chi connectivity index (χ3v) is 17.7. The minimum atomic E-state index is -2.66. The van der Waals surface area contributed by atoms with Gasteiger partial charge in [0.15, 0.2) is 0 Å². The summed E-state index contributed by atoms with van der Waals surface area (Å²) in [6.45, 7) is 0. The molecule has 2 rings (SSSR count). The van der Waals surface area contributed by atoms with E-state index in [0.717, 1.165) is 0 Å². The Kier molecular flexibility index (Phi) is 4.02. The third-order valence-electron chi connectivity index (χ3n) is 3.91. The molecule has 3 heteroatoms. The van der Waals surface area contributed by atoms with Crippen molar-refractivity contribution >= 4 is 0 Å². The fourth-order valence-electron chi connectivity index (χ4n) is 3.25. The number of nitrogens with zero attached hydrogens (tertiary/aromatic N) is 2. The Morgan fingerprint density at radius 3 is 1.18 bits per heavy atom. The maximum atomic E-state index is 2.55. The number of hydrogen-bond donors (Lipinski definition) is 0. The van der Waals surface area contributed by atoms with Gasteiger partial charge in [-0.3, -0.25) is 0 Å². The molecule has 0 aromatic rings. The summed E-state index contributed by atoms with van der Waals surface area (Å²) in [7, 11) is 9.04. The van der Waals surface area contributed by atoms with Gasteiger partial charge in [0.05, 0.1) is 0 Å². The van der Waals surface area contributed by atoms with Crippen molar-refractivity contribution in [3.8, 4) is 0 Å². The van der Waals surface area contributed by atoms with Crippen LogP contribution in [0.25, 0.3) is 0 Å². The van der Waals surface area contributed by atoms with E-state index in [1.54, 1.807) is 0 Å². The molecule has 2 aliphatic rings. The van der Waals surface area contributed by atoms with Gasteiger partial charge in [0.25, 0.3) is 0 Å². The van der Waals surface area contributed by atoms with Crippen LogP contribution in [0.5, 0.6) is 0 Å². The summed E-state index contributed by atoms with van der Waals surface area (Å²) in [4.78, 5) is 0. The monoisotopic (exact) mass is 308 g/mol. The van der Waals surface area contributed by atoms with Gasteiger partial charge < -0.3 is 0 Å². The molecule has 0 atom stereocenters. The van der Waals surface area contributed by atoms with Crippen LogP contribution in [0.1, 0.15) is 0 Å². The SMILES string of the molecule is C[N](C)[Zr]([CH]1C=CC=C1)([CH]1C=CC=C1)[N](C)C. The second-order valence-corrected chi connectivity index (χ2v) is 16.7. The summed E-state index contributed by atoms with van der Waals surface area (Å²) in [5.74, 6) is 0. The Balaban J connectivity index is 2.45. The second-order valence-electron chi connectivity index (χ2n) is 5.16. The van der Waals surface area contributed by atoms with Crippen LogP contribution >= 0.6 is 0 Å². The molecule has 2 nitrogen and oxygen atoms in total. The molecule has 0 spiro atoms. The van der Waals surface area contributed by atoms with Crippen LogP contribution in [0.15, 0.2) is 48.6 Å². The maximum absolute atomic E-state index is 2.66. The molecule has 0 aliphatic heterocycles. The van der Waals surface area contributed by atoms with E-state index >= 15 is 0 Å². The average molecular weight is 310 g/mol. The van der Waals surface area contributed by atoms with E-state index in [1.165, 1.54) is 0 Å². The first-order valence-electron chi connectivity index (χ1n) is 6.15. The van der Waals surface area contributed by atoms with Crippen molar-refractivity contribution in [3.05, 3.63) is 48.6 Å². The molecule has 0 unspecified atom stereocenters. The topological polar surface area (TPSA) is 6.48 Å². The molecular formula is C14H22N2Zr. The Morgan fingerprint density at radius 1 is 0.647 bits per heavy atom. The molecule has 0 aromatic carbocycles. The van der Waals surface area contributed by atoms with Crippen molar-refractivity contribution in [1.82, 2.24) is 5.69 Å². The number of hydrogen-bond acceptors (Lipinski definition) is 2. The molecule has 0 amide bonds. The van der Waals surface area contributed by atoms with E-state index in [2.05, 4.69) is 82.5 Å². The molecular weight excluding hydrogens is 287 g/mol. The summed E-state index contributed by atoms with van der Waals surface area (Å²) in [6, 6.07) is 0. The van der Waals surface area contributed by atoms with E-state index in [-0.39, 0.29) is 0 Å². The molecule has 92 valence electrons. The van der Waals surface area contributed by atoms with Crippen LogP contribution in [0, 0.1) is 0 Å². The zero-order valence-electron chi connectivity index (χ0n) is 11.2. The fourth-order valence-corrected chi connectivity index (χ4v) is 16.0. The van der Waals surface area contributed by atoms with Crippen molar-refractivity contribution in [2.24, 2.45) is 0 Å². The van der Waals surface area contributed by atoms with Gasteiger partial charge in [0.1, 0.15) is 0 Å². The summed E-state index contributed by atoms with van der Waals surface area (Å²) < 4.78 is 6.35. The van der Waals surface area contributed by atoms with E-state index in [9.17, 15) is 0 Å². The number of rotatable bonds is 4. The van der Waals surface area contributed by atoms with E-state index in [4.69, 9.17) is 0 Å². The molecule has 0 bridgehead atoms. The van der Waals surface area contributed by atoms with Gasteiger partial charge in [-0.05, 0) is 0 Å². The van der Waals surface area contributed by atoms with Gasteiger partial charge in [-0.25, -0.2) is 0 Å². The Hall–Kier alpha value is -0.237. The van der Waals surface area contributed by atoms with Gasteiger partial charge in [0.2, 0.25) is 0 Å². The van der Waals surface area contributed by atoms with Crippen molar-refractivity contribution in [2.75, 3.05) is 28.2 Å². The summed E-state index contributed by atoms with van der Waals surface area (Å²) in [6.07, 6.45) is 18.3. The van der Waals surface area contributed by atoms with Crippen molar-refractivity contribution in [2.45, 2.75) is 7.25 Å². The van der Waals surface area contributed by atoms with Crippen LogP contribution in [-0.2, 0) is 20.8 Å². The van der Waals surface area contributed by atoms with Gasteiger partial charge in [-0.2, -0.15) is 0 Å². The molecule has 2 aliphatic carbocycles. The molecule has 0 saturated carbocycles. The minimum absolute atomic E-state index is 0.631. The molecule has 0 N–H and O–H groups in total. The zero-order valence-corrected chi connectivity index (χ0v) is 13.6. The summed E-state index contributed by atoms with van der Waals surface area (Å²) in [5, 5.41) is 0. The molecule has 0 fully saturated rings. The molecule has 0 heterocycles. The zero-order chi connectivity index (χ0) is 12.5. The molecule has 0 aromatic heterocycles. The van der Waals surface area contributed by atoms with Crippen LogP contribution in [0.2, 0.25) is 7.25 Å². The Morgan fingerprint density at radius 2 is 0.941 bits per heavy atom. The Bertz CT molecular complexity index is 329. The van der Waals surface area contributed by atoms with Gasteiger partial charge >= 0.3 is 111 Å². The molecule has 0 radical (unpaired) electrons. The first-order valence-corrected chi connectivity index (χ1v) is 11.2. The van der Waals surface area contributed by atoms with Crippen LogP contribution < -0.4 is 0 Å². The average Bonchev–Trinajstić information content (AvgIpc) is 2.88. The normalized spacial score (nSPS) is 20.6. The predicted octanol–water partition coefficient (Wildman–Crippen LogP) is 2.92. The van der Waals surface area contributed by atoms with E-state index in [0.29, 0.717) is 7.25 Å². The first kappa shape index (κ1) is 13.2. The molecule has 17 heavy (non-hydrogen) atoms. The molecule has 0 saturated heterocycles. The summed E-state index contributed by atoms with van der Waals surface area (Å²) >= 11 is -2.66. The first-order chi connectivity index (χ1) is 8.10. The third kappa shape index (κ3) is 2.09. The van der Waals surface area contributed by atoms with E-state index < -0.39 is 20.8 Å². The van der Waals surface area contributed by atoms with Crippen molar-refractivity contribution < 1.29 is 20.8 Å². The van der Waals surface area contributed by atoms with Gasteiger partial charge in [-0.15, -0.1) is 0 Å². The van der Waals surface area contributed by atoms with E-state index in [1.807, 2.05) is 0 Å². The fraction of sp³-hybridized carbons (Fsp3) is 0.429. The van der Waals surface area contributed by atoms with Crippen molar-refractivity contribution in [1.29, 1.82) is 0 Å². The van der Waals surface area contributed by atoms with Gasteiger partial charge in [-0.1, -0.05) is 0 Å². The quantitative estimate of drug-likeness (QED) is 0.788. The number of allylic oxidation sites excluding steroid dienone is 8. The Labute approximate surface area is 110 Å². The standard InChI is InChI=1S/2C5H5.2C2H6N.Zr/c2*1-2-4-5-3-1;2*1-3-2;/h2*1-5H;2*1-2H3;/q;;2*-1;+2. The predicted molar refractivity (Wildman–Crippen MR) is 71.4 cm³/mol. The summed E-state index contributed by atoms with van der Waals surface area (Å²) in [5.41, 5.74) is 0. The van der Waals surface area contributed by atoms with Crippen LogP contribution in [0.3, 0.4) is 0 Å². The van der Waals surface area contributed by atoms with Crippen molar-refractivity contribution in [3.63, 3.8) is 0 Å².